The topological polar surface area (TPSA) is 12.0 Å². The standard InChI is InChI=1S/C12H15F2NS/c1-8(15-10-4-5-10)9-2-6-11(7-3-9)16-12(13)14/h2-3,6-8,10,12,15H,4-5H2,1H3. The Kier molecular flexibility index (Phi) is 3.82. The fourth-order valence-electron chi connectivity index (χ4n) is 1.64. The number of halogens is 2. The van der Waals surface area contributed by atoms with E-state index in [1.54, 1.807) is 12.1 Å². The lowest BCUT2D eigenvalue weighted by Crippen LogP contribution is -2.20. The van der Waals surface area contributed by atoms with Gasteiger partial charge in [0.1, 0.15) is 0 Å². The number of thioether (sulfide) groups is 1. The second kappa shape index (κ2) is 5.15. The summed E-state index contributed by atoms with van der Waals surface area (Å²) in [7, 11) is 0. The van der Waals surface area contributed by atoms with Gasteiger partial charge in [-0.05, 0) is 37.5 Å². The van der Waals surface area contributed by atoms with Crippen LogP contribution in [0.1, 0.15) is 31.4 Å². The molecule has 1 aromatic carbocycles. The molecule has 1 fully saturated rings. The Labute approximate surface area is 98.6 Å². The molecule has 2 rings (SSSR count). The fourth-order valence-corrected chi connectivity index (χ4v) is 2.14. The van der Waals surface area contributed by atoms with Gasteiger partial charge >= 0.3 is 0 Å². The maximum absolute atomic E-state index is 12.1. The highest BCUT2D eigenvalue weighted by Crippen LogP contribution is 2.28. The van der Waals surface area contributed by atoms with Crippen molar-refractivity contribution in [3.8, 4) is 0 Å². The number of alkyl halides is 2. The van der Waals surface area contributed by atoms with Crippen LogP contribution in [0.25, 0.3) is 0 Å². The van der Waals surface area contributed by atoms with E-state index in [0.29, 0.717) is 28.7 Å². The Morgan fingerprint density at radius 1 is 1.25 bits per heavy atom. The summed E-state index contributed by atoms with van der Waals surface area (Å²) in [6, 6.07) is 8.33. The lowest BCUT2D eigenvalue weighted by molar-refractivity contribution is 0.252. The molecule has 1 nitrogen and oxygen atoms in total. The van der Waals surface area contributed by atoms with E-state index in [4.69, 9.17) is 0 Å². The number of hydrogen-bond acceptors (Lipinski definition) is 2. The molecule has 0 heterocycles. The second-order valence-electron chi connectivity index (χ2n) is 4.11. The van der Waals surface area contributed by atoms with Crippen LogP contribution in [0.5, 0.6) is 0 Å². The average molecular weight is 243 g/mol. The SMILES string of the molecule is CC(NC1CC1)c1ccc(SC(F)F)cc1. The maximum atomic E-state index is 12.1. The normalized spacial score (nSPS) is 17.8. The summed E-state index contributed by atoms with van der Waals surface area (Å²) in [5.74, 6) is -2.34. The van der Waals surface area contributed by atoms with Crippen LogP contribution in [0, 0.1) is 0 Å². The van der Waals surface area contributed by atoms with Crippen molar-refractivity contribution in [3.63, 3.8) is 0 Å². The van der Waals surface area contributed by atoms with Crippen LogP contribution in [-0.4, -0.2) is 11.8 Å². The zero-order valence-corrected chi connectivity index (χ0v) is 9.94. The van der Waals surface area contributed by atoms with Gasteiger partial charge in [0.05, 0.1) is 0 Å². The van der Waals surface area contributed by atoms with E-state index in [2.05, 4.69) is 12.2 Å². The predicted octanol–water partition coefficient (Wildman–Crippen LogP) is 3.81. The van der Waals surface area contributed by atoms with Crippen LogP contribution in [0.3, 0.4) is 0 Å². The molecule has 0 bridgehead atoms. The van der Waals surface area contributed by atoms with Gasteiger partial charge in [-0.3, -0.25) is 0 Å². The fraction of sp³-hybridized carbons (Fsp3) is 0.500. The molecule has 1 aromatic rings. The summed E-state index contributed by atoms with van der Waals surface area (Å²) in [6.07, 6.45) is 2.51. The monoisotopic (exact) mass is 243 g/mol. The molecular formula is C12H15F2NS. The Balaban J connectivity index is 1.94. The van der Waals surface area contributed by atoms with Gasteiger partial charge in [0.25, 0.3) is 5.76 Å². The third-order valence-corrected chi connectivity index (χ3v) is 3.39. The highest BCUT2D eigenvalue weighted by Gasteiger charge is 2.23. The Morgan fingerprint density at radius 2 is 1.88 bits per heavy atom. The zero-order chi connectivity index (χ0) is 11.5. The van der Waals surface area contributed by atoms with E-state index in [9.17, 15) is 8.78 Å². The van der Waals surface area contributed by atoms with Crippen molar-refractivity contribution in [3.05, 3.63) is 29.8 Å². The third-order valence-electron chi connectivity index (χ3n) is 2.67. The first kappa shape index (κ1) is 11.9. The first-order chi connectivity index (χ1) is 7.65. The first-order valence-corrected chi connectivity index (χ1v) is 6.34. The molecule has 0 saturated heterocycles. The Hall–Kier alpha value is -0.610. The number of hydrogen-bond donors (Lipinski definition) is 1. The molecule has 16 heavy (non-hydrogen) atoms. The van der Waals surface area contributed by atoms with Crippen molar-refractivity contribution in [1.29, 1.82) is 0 Å². The molecule has 0 aromatic heterocycles. The van der Waals surface area contributed by atoms with Crippen molar-refractivity contribution in [1.82, 2.24) is 5.32 Å². The molecular weight excluding hydrogens is 228 g/mol. The van der Waals surface area contributed by atoms with Gasteiger partial charge in [0.15, 0.2) is 0 Å². The molecule has 1 atom stereocenters. The second-order valence-corrected chi connectivity index (χ2v) is 5.17. The quantitative estimate of drug-likeness (QED) is 0.789. The van der Waals surface area contributed by atoms with Crippen LogP contribution >= 0.6 is 11.8 Å². The summed E-state index contributed by atoms with van der Waals surface area (Å²) in [6.45, 7) is 2.10. The van der Waals surface area contributed by atoms with Crippen LogP contribution in [-0.2, 0) is 0 Å². The molecule has 1 unspecified atom stereocenters. The van der Waals surface area contributed by atoms with E-state index in [-0.39, 0.29) is 0 Å². The van der Waals surface area contributed by atoms with Crippen molar-refractivity contribution in [2.75, 3.05) is 0 Å². The van der Waals surface area contributed by atoms with Gasteiger partial charge in [-0.25, -0.2) is 0 Å². The van der Waals surface area contributed by atoms with Gasteiger partial charge in [-0.15, -0.1) is 0 Å². The molecule has 0 spiro atoms. The minimum atomic E-state index is -2.34. The van der Waals surface area contributed by atoms with E-state index in [0.717, 1.165) is 5.56 Å². The summed E-state index contributed by atoms with van der Waals surface area (Å²) in [5, 5.41) is 3.48. The molecule has 1 saturated carbocycles. The van der Waals surface area contributed by atoms with Crippen LogP contribution < -0.4 is 5.32 Å². The van der Waals surface area contributed by atoms with Crippen molar-refractivity contribution >= 4 is 11.8 Å². The third kappa shape index (κ3) is 3.46. The Morgan fingerprint density at radius 3 is 2.38 bits per heavy atom. The predicted molar refractivity (Wildman–Crippen MR) is 62.9 cm³/mol. The van der Waals surface area contributed by atoms with Gasteiger partial charge in [-0.2, -0.15) is 8.78 Å². The number of rotatable bonds is 5. The molecule has 0 aliphatic heterocycles. The highest BCUT2D eigenvalue weighted by molar-refractivity contribution is 7.99. The van der Waals surface area contributed by atoms with Crippen LogP contribution in [0.4, 0.5) is 8.78 Å². The van der Waals surface area contributed by atoms with Crippen LogP contribution in [0.2, 0.25) is 0 Å². The molecule has 1 aliphatic carbocycles. The largest absolute Gasteiger partial charge is 0.307 e. The minimum Gasteiger partial charge on any atom is -0.307 e. The first-order valence-electron chi connectivity index (χ1n) is 5.46. The van der Waals surface area contributed by atoms with Crippen molar-refractivity contribution in [2.24, 2.45) is 0 Å². The summed E-state index contributed by atoms with van der Waals surface area (Å²) in [5.41, 5.74) is 1.16. The lowest BCUT2D eigenvalue weighted by atomic mass is 10.1. The maximum Gasteiger partial charge on any atom is 0.288 e. The van der Waals surface area contributed by atoms with Crippen molar-refractivity contribution in [2.45, 2.75) is 42.5 Å². The zero-order valence-electron chi connectivity index (χ0n) is 9.12. The molecule has 0 radical (unpaired) electrons. The summed E-state index contributed by atoms with van der Waals surface area (Å²) >= 11 is 0.591. The molecule has 88 valence electrons. The van der Waals surface area contributed by atoms with E-state index in [1.807, 2.05) is 12.1 Å². The lowest BCUT2D eigenvalue weighted by Gasteiger charge is -2.13. The highest BCUT2D eigenvalue weighted by atomic mass is 32.2. The minimum absolute atomic E-state index is 0.304. The van der Waals surface area contributed by atoms with Gasteiger partial charge in [-0.1, -0.05) is 23.9 Å². The number of nitrogens with one attached hydrogen (secondary N) is 1. The Bertz CT molecular complexity index is 335. The van der Waals surface area contributed by atoms with Crippen LogP contribution in [0.15, 0.2) is 29.2 Å². The smallest absolute Gasteiger partial charge is 0.288 e. The molecule has 1 N–H and O–H groups in total. The summed E-state index contributed by atoms with van der Waals surface area (Å²) in [4.78, 5) is 0.623. The average Bonchev–Trinajstić information content (AvgIpc) is 3.01. The van der Waals surface area contributed by atoms with Gasteiger partial charge in [0, 0.05) is 17.0 Å². The molecule has 0 amide bonds. The summed E-state index contributed by atoms with van der Waals surface area (Å²) < 4.78 is 24.2. The number of benzene rings is 1. The van der Waals surface area contributed by atoms with Crippen molar-refractivity contribution < 1.29 is 8.78 Å². The molecule has 4 heteroatoms. The molecule has 1 aliphatic rings. The van der Waals surface area contributed by atoms with Gasteiger partial charge < -0.3 is 5.32 Å². The van der Waals surface area contributed by atoms with E-state index < -0.39 is 5.76 Å². The van der Waals surface area contributed by atoms with E-state index in [1.165, 1.54) is 12.8 Å². The van der Waals surface area contributed by atoms with E-state index >= 15 is 0 Å². The van der Waals surface area contributed by atoms with Gasteiger partial charge in [0.2, 0.25) is 0 Å².